The Kier molecular flexibility index (Phi) is 5.47. The maximum atomic E-state index is 4.77. The molecule has 0 unspecified atom stereocenters. The van der Waals surface area contributed by atoms with Gasteiger partial charge in [-0.2, -0.15) is 11.8 Å². The molecule has 1 rings (SSSR count). The van der Waals surface area contributed by atoms with E-state index in [-0.39, 0.29) is 5.41 Å². The van der Waals surface area contributed by atoms with Crippen molar-refractivity contribution in [1.29, 1.82) is 0 Å². The van der Waals surface area contributed by atoms with Crippen molar-refractivity contribution in [2.45, 2.75) is 33.1 Å². The molecular formula is C14H26N4S. The van der Waals surface area contributed by atoms with E-state index < -0.39 is 0 Å². The van der Waals surface area contributed by atoms with E-state index in [1.807, 2.05) is 18.8 Å². The predicted molar refractivity (Wildman–Crippen MR) is 86.7 cm³/mol. The van der Waals surface area contributed by atoms with Crippen molar-refractivity contribution in [2.75, 3.05) is 42.9 Å². The molecule has 0 aliphatic carbocycles. The summed E-state index contributed by atoms with van der Waals surface area (Å²) in [7, 11) is 4.00. The fourth-order valence-corrected chi connectivity index (χ4v) is 2.25. The maximum absolute atomic E-state index is 4.77. The van der Waals surface area contributed by atoms with Crippen LogP contribution in [0.15, 0.2) is 0 Å². The largest absolute Gasteiger partial charge is 0.373 e. The van der Waals surface area contributed by atoms with Crippen LogP contribution in [0, 0.1) is 6.92 Å². The number of hydrogen-bond acceptors (Lipinski definition) is 5. The zero-order valence-corrected chi connectivity index (χ0v) is 14.0. The van der Waals surface area contributed by atoms with Crippen LogP contribution < -0.4 is 10.2 Å². The monoisotopic (exact) mass is 282 g/mol. The Morgan fingerprint density at radius 3 is 2.37 bits per heavy atom. The molecular weight excluding hydrogens is 256 g/mol. The number of thioether (sulfide) groups is 1. The zero-order valence-electron chi connectivity index (χ0n) is 13.2. The van der Waals surface area contributed by atoms with Gasteiger partial charge in [0.1, 0.15) is 17.5 Å². The molecule has 0 aliphatic heterocycles. The standard InChI is InChI=1S/C14H26N4S/c1-10-11(15-5)16-13(14(2,3)4)17-12(10)18(6)8-9-19-7/h8-9H2,1-7H3,(H,15,16,17). The average Bonchev–Trinajstić information content (AvgIpc) is 2.34. The van der Waals surface area contributed by atoms with Crippen molar-refractivity contribution in [3.63, 3.8) is 0 Å². The van der Waals surface area contributed by atoms with Crippen LogP contribution in [0.1, 0.15) is 32.2 Å². The molecule has 0 atom stereocenters. The van der Waals surface area contributed by atoms with Crippen LogP contribution in [-0.2, 0) is 5.41 Å². The maximum Gasteiger partial charge on any atom is 0.138 e. The van der Waals surface area contributed by atoms with Gasteiger partial charge in [-0.3, -0.25) is 0 Å². The lowest BCUT2D eigenvalue weighted by atomic mass is 9.95. The normalized spacial score (nSPS) is 11.5. The minimum absolute atomic E-state index is 0.0472. The van der Waals surface area contributed by atoms with Gasteiger partial charge >= 0.3 is 0 Å². The first-order valence-electron chi connectivity index (χ1n) is 6.58. The molecule has 1 aromatic heterocycles. The summed E-state index contributed by atoms with van der Waals surface area (Å²) in [6, 6.07) is 0. The lowest BCUT2D eigenvalue weighted by Crippen LogP contribution is -2.26. The van der Waals surface area contributed by atoms with Crippen LogP contribution in [0.25, 0.3) is 0 Å². The molecule has 1 aromatic rings. The highest BCUT2D eigenvalue weighted by Gasteiger charge is 2.22. The summed E-state index contributed by atoms with van der Waals surface area (Å²) in [5.41, 5.74) is 1.06. The molecule has 0 fully saturated rings. The molecule has 0 radical (unpaired) electrons. The van der Waals surface area contributed by atoms with E-state index in [2.05, 4.69) is 56.2 Å². The highest BCUT2D eigenvalue weighted by molar-refractivity contribution is 7.98. The van der Waals surface area contributed by atoms with Crippen molar-refractivity contribution in [3.05, 3.63) is 11.4 Å². The van der Waals surface area contributed by atoms with E-state index in [1.165, 1.54) is 0 Å². The van der Waals surface area contributed by atoms with Gasteiger partial charge in [-0.1, -0.05) is 20.8 Å². The molecule has 1 N–H and O–H groups in total. The summed E-state index contributed by atoms with van der Waals surface area (Å²) in [6.45, 7) is 9.49. The smallest absolute Gasteiger partial charge is 0.138 e. The summed E-state index contributed by atoms with van der Waals surface area (Å²) >= 11 is 1.85. The van der Waals surface area contributed by atoms with Crippen molar-refractivity contribution in [3.8, 4) is 0 Å². The first-order chi connectivity index (χ1) is 8.81. The molecule has 0 saturated heterocycles. The third kappa shape index (κ3) is 4.00. The summed E-state index contributed by atoms with van der Waals surface area (Å²) in [5, 5.41) is 3.18. The molecule has 5 heteroatoms. The number of aromatic nitrogens is 2. The molecule has 4 nitrogen and oxygen atoms in total. The molecule has 0 saturated carbocycles. The summed E-state index contributed by atoms with van der Waals surface area (Å²) in [6.07, 6.45) is 2.13. The molecule has 0 aliphatic rings. The first-order valence-corrected chi connectivity index (χ1v) is 7.97. The molecule has 0 aromatic carbocycles. The zero-order chi connectivity index (χ0) is 14.6. The first kappa shape index (κ1) is 16.1. The lowest BCUT2D eigenvalue weighted by Gasteiger charge is -2.25. The summed E-state index contributed by atoms with van der Waals surface area (Å²) in [4.78, 5) is 11.6. The van der Waals surface area contributed by atoms with Crippen LogP contribution in [0.5, 0.6) is 0 Å². The second-order valence-electron chi connectivity index (χ2n) is 5.76. The van der Waals surface area contributed by atoms with Crippen molar-refractivity contribution in [2.24, 2.45) is 0 Å². The summed E-state index contributed by atoms with van der Waals surface area (Å²) in [5.74, 6) is 3.93. The van der Waals surface area contributed by atoms with E-state index in [1.54, 1.807) is 0 Å². The van der Waals surface area contributed by atoms with Crippen LogP contribution in [0.3, 0.4) is 0 Å². The van der Waals surface area contributed by atoms with E-state index in [0.29, 0.717) is 0 Å². The Labute approximate surface area is 121 Å². The molecule has 0 spiro atoms. The topological polar surface area (TPSA) is 41.1 Å². The van der Waals surface area contributed by atoms with Gasteiger partial charge in [0.15, 0.2) is 0 Å². The quantitative estimate of drug-likeness (QED) is 0.899. The second-order valence-corrected chi connectivity index (χ2v) is 6.74. The summed E-state index contributed by atoms with van der Waals surface area (Å²) < 4.78 is 0. The molecule has 0 bridgehead atoms. The van der Waals surface area contributed by atoms with Crippen LogP contribution >= 0.6 is 11.8 Å². The lowest BCUT2D eigenvalue weighted by molar-refractivity contribution is 0.545. The highest BCUT2D eigenvalue weighted by atomic mass is 32.2. The van der Waals surface area contributed by atoms with Crippen molar-refractivity contribution < 1.29 is 0 Å². The van der Waals surface area contributed by atoms with Crippen LogP contribution in [0.4, 0.5) is 11.6 Å². The molecule has 1 heterocycles. The van der Waals surface area contributed by atoms with E-state index >= 15 is 0 Å². The van der Waals surface area contributed by atoms with Gasteiger partial charge < -0.3 is 10.2 Å². The predicted octanol–water partition coefficient (Wildman–Crippen LogP) is 2.92. The van der Waals surface area contributed by atoms with E-state index in [9.17, 15) is 0 Å². The minimum atomic E-state index is -0.0472. The Morgan fingerprint density at radius 2 is 1.89 bits per heavy atom. The number of hydrogen-bond donors (Lipinski definition) is 1. The van der Waals surface area contributed by atoms with Gasteiger partial charge in [-0.15, -0.1) is 0 Å². The van der Waals surface area contributed by atoms with Gasteiger partial charge in [-0.25, -0.2) is 9.97 Å². The SMILES string of the molecule is CNc1nc(C(C)(C)C)nc(N(C)CCSC)c1C. The molecule has 19 heavy (non-hydrogen) atoms. The van der Waals surface area contributed by atoms with Gasteiger partial charge in [0.25, 0.3) is 0 Å². The van der Waals surface area contributed by atoms with Gasteiger partial charge in [0.2, 0.25) is 0 Å². The number of rotatable bonds is 5. The van der Waals surface area contributed by atoms with Crippen LogP contribution in [0.2, 0.25) is 0 Å². The number of anilines is 2. The Balaban J connectivity index is 3.21. The van der Waals surface area contributed by atoms with Gasteiger partial charge in [0.05, 0.1) is 0 Å². The fourth-order valence-electron chi connectivity index (χ4n) is 1.79. The van der Waals surface area contributed by atoms with Crippen molar-refractivity contribution in [1.82, 2.24) is 9.97 Å². The van der Waals surface area contributed by atoms with Crippen molar-refractivity contribution >= 4 is 23.4 Å². The number of nitrogens with one attached hydrogen (secondary N) is 1. The second kappa shape index (κ2) is 6.46. The third-order valence-electron chi connectivity index (χ3n) is 3.02. The molecule has 0 amide bonds. The average molecular weight is 282 g/mol. The third-order valence-corrected chi connectivity index (χ3v) is 3.61. The Hall–Kier alpha value is -0.970. The Bertz CT molecular complexity index is 426. The van der Waals surface area contributed by atoms with E-state index in [0.717, 1.165) is 35.3 Å². The van der Waals surface area contributed by atoms with Gasteiger partial charge in [-0.05, 0) is 13.2 Å². The molecule has 108 valence electrons. The van der Waals surface area contributed by atoms with Gasteiger partial charge in [0, 0.05) is 37.4 Å². The van der Waals surface area contributed by atoms with Crippen LogP contribution in [-0.4, -0.2) is 42.6 Å². The van der Waals surface area contributed by atoms with E-state index in [4.69, 9.17) is 4.98 Å². The Morgan fingerprint density at radius 1 is 1.26 bits per heavy atom. The minimum Gasteiger partial charge on any atom is -0.373 e. The number of nitrogens with zero attached hydrogens (tertiary/aromatic N) is 3. The highest BCUT2D eigenvalue weighted by Crippen LogP contribution is 2.27. The fraction of sp³-hybridized carbons (Fsp3) is 0.714.